The zero-order chi connectivity index (χ0) is 15.6. The Bertz CT molecular complexity index is 619. The minimum atomic E-state index is -4.44. The van der Waals surface area contributed by atoms with Crippen molar-refractivity contribution in [1.29, 1.82) is 0 Å². The summed E-state index contributed by atoms with van der Waals surface area (Å²) >= 11 is 0. The highest BCUT2D eigenvalue weighted by Gasteiger charge is 2.34. The zero-order valence-corrected chi connectivity index (χ0v) is 11.8. The summed E-state index contributed by atoms with van der Waals surface area (Å²) in [5, 5.41) is 7.12. The molecule has 0 spiro atoms. The van der Waals surface area contributed by atoms with Crippen LogP contribution in [0, 0.1) is 0 Å². The van der Waals surface area contributed by atoms with E-state index in [2.05, 4.69) is 10.4 Å². The molecule has 1 aliphatic heterocycles. The number of aromatic nitrogens is 2. The van der Waals surface area contributed by atoms with Gasteiger partial charge < -0.3 is 10.1 Å². The number of rotatable bonds is 3. The number of nitrogens with zero attached hydrogens (tertiary/aromatic N) is 2. The number of hydrogen-bond donors (Lipinski definition) is 1. The van der Waals surface area contributed by atoms with Gasteiger partial charge in [-0.25, -0.2) is 4.68 Å². The van der Waals surface area contributed by atoms with Crippen LogP contribution in [0.3, 0.4) is 0 Å². The van der Waals surface area contributed by atoms with Crippen molar-refractivity contribution in [1.82, 2.24) is 15.1 Å². The van der Waals surface area contributed by atoms with E-state index >= 15 is 0 Å². The van der Waals surface area contributed by atoms with Gasteiger partial charge >= 0.3 is 6.18 Å². The van der Waals surface area contributed by atoms with Gasteiger partial charge in [0.1, 0.15) is 11.9 Å². The average Bonchev–Trinajstić information content (AvgIpc) is 3.01. The Hall–Kier alpha value is -2.02. The smallest absolute Gasteiger partial charge is 0.418 e. The molecule has 0 saturated carbocycles. The summed E-state index contributed by atoms with van der Waals surface area (Å²) in [4.78, 5) is 0. The van der Waals surface area contributed by atoms with Crippen molar-refractivity contribution in [3.63, 3.8) is 0 Å². The maximum atomic E-state index is 13.1. The molecule has 2 aromatic rings. The van der Waals surface area contributed by atoms with Gasteiger partial charge in [-0.2, -0.15) is 18.3 Å². The summed E-state index contributed by atoms with van der Waals surface area (Å²) < 4.78 is 46.4. The molecule has 1 N–H and O–H groups in total. The summed E-state index contributed by atoms with van der Waals surface area (Å²) in [5.74, 6) is 0.436. The van der Waals surface area contributed by atoms with Crippen molar-refractivity contribution >= 4 is 0 Å². The number of nitrogens with one attached hydrogen (secondary N) is 1. The molecule has 0 aliphatic carbocycles. The lowest BCUT2D eigenvalue weighted by atomic mass is 10.1. The van der Waals surface area contributed by atoms with Crippen molar-refractivity contribution in [2.24, 2.45) is 0 Å². The zero-order valence-electron chi connectivity index (χ0n) is 11.8. The van der Waals surface area contributed by atoms with E-state index in [1.54, 1.807) is 6.07 Å². The first-order valence-corrected chi connectivity index (χ1v) is 7.13. The highest BCUT2D eigenvalue weighted by Crippen LogP contribution is 2.35. The van der Waals surface area contributed by atoms with Crippen molar-refractivity contribution < 1.29 is 17.9 Å². The molecule has 2 heterocycles. The van der Waals surface area contributed by atoms with Crippen LogP contribution in [0.5, 0.6) is 5.75 Å². The first kappa shape index (κ1) is 14.9. The second-order valence-electron chi connectivity index (χ2n) is 5.19. The molecule has 4 nitrogen and oxygen atoms in total. The molecule has 0 radical (unpaired) electrons. The monoisotopic (exact) mass is 311 g/mol. The number of benzene rings is 1. The molecule has 22 heavy (non-hydrogen) atoms. The number of piperidine rings is 1. The lowest BCUT2D eigenvalue weighted by Gasteiger charge is -2.24. The van der Waals surface area contributed by atoms with E-state index in [1.807, 2.05) is 0 Å². The highest BCUT2D eigenvalue weighted by molar-refractivity contribution is 5.47. The predicted octanol–water partition coefficient (Wildman–Crippen LogP) is 3.02. The second-order valence-corrected chi connectivity index (χ2v) is 5.19. The lowest BCUT2D eigenvalue weighted by Crippen LogP contribution is -2.34. The predicted molar refractivity (Wildman–Crippen MR) is 75.1 cm³/mol. The third-order valence-electron chi connectivity index (χ3n) is 3.61. The fourth-order valence-corrected chi connectivity index (χ4v) is 2.53. The molecule has 1 aliphatic rings. The molecular weight excluding hydrogens is 295 g/mol. The Morgan fingerprint density at radius 1 is 1.23 bits per heavy atom. The highest BCUT2D eigenvalue weighted by atomic mass is 19.4. The molecule has 0 amide bonds. The molecule has 7 heteroatoms. The Kier molecular flexibility index (Phi) is 4.06. The van der Waals surface area contributed by atoms with Crippen molar-refractivity contribution in [2.45, 2.75) is 25.1 Å². The Morgan fingerprint density at radius 3 is 2.64 bits per heavy atom. The van der Waals surface area contributed by atoms with Crippen LogP contribution in [0.1, 0.15) is 18.4 Å². The normalized spacial score (nSPS) is 16.7. The van der Waals surface area contributed by atoms with Crippen molar-refractivity contribution in [3.05, 3.63) is 42.2 Å². The Balaban J connectivity index is 1.92. The summed E-state index contributed by atoms with van der Waals surface area (Å²) in [7, 11) is 0. The summed E-state index contributed by atoms with van der Waals surface area (Å²) in [5.41, 5.74) is -0.752. The molecule has 118 valence electrons. The summed E-state index contributed by atoms with van der Waals surface area (Å²) in [6.45, 7) is 1.72. The van der Waals surface area contributed by atoms with E-state index < -0.39 is 11.7 Å². The van der Waals surface area contributed by atoms with Gasteiger partial charge in [0.15, 0.2) is 0 Å². The number of halogens is 3. The van der Waals surface area contributed by atoms with E-state index in [9.17, 15) is 13.2 Å². The molecule has 1 aromatic carbocycles. The molecule has 1 fully saturated rings. The third-order valence-corrected chi connectivity index (χ3v) is 3.61. The largest absolute Gasteiger partial charge is 0.490 e. The first-order chi connectivity index (χ1) is 10.5. The van der Waals surface area contributed by atoms with Crippen LogP contribution >= 0.6 is 0 Å². The molecular formula is C15H16F3N3O. The second kappa shape index (κ2) is 6.00. The van der Waals surface area contributed by atoms with Gasteiger partial charge in [-0.1, -0.05) is 0 Å². The standard InChI is InChI=1S/C15H16F3N3O/c16-15(17,18)13-3-2-12(22-11-4-7-19-8-5-11)10-14(13)21-9-1-6-20-21/h1-3,6,9-11,19H,4-5,7-8H2. The Morgan fingerprint density at radius 2 is 2.00 bits per heavy atom. The quantitative estimate of drug-likeness (QED) is 0.947. The average molecular weight is 311 g/mol. The van der Waals surface area contributed by atoms with Gasteiger partial charge in [0.25, 0.3) is 0 Å². The molecule has 0 atom stereocenters. The molecule has 0 bridgehead atoms. The SMILES string of the molecule is FC(F)(F)c1ccc(OC2CCNCC2)cc1-n1cccn1. The maximum Gasteiger partial charge on any atom is 0.418 e. The summed E-state index contributed by atoms with van der Waals surface area (Å²) in [6.07, 6.45) is 0.216. The molecule has 0 unspecified atom stereocenters. The van der Waals surface area contributed by atoms with Crippen LogP contribution in [0.15, 0.2) is 36.7 Å². The van der Waals surface area contributed by atoms with E-state index in [0.717, 1.165) is 32.0 Å². The molecule has 1 saturated heterocycles. The van der Waals surface area contributed by atoms with Gasteiger partial charge in [-0.3, -0.25) is 0 Å². The van der Waals surface area contributed by atoms with Crippen LogP contribution in [0.2, 0.25) is 0 Å². The lowest BCUT2D eigenvalue weighted by molar-refractivity contribution is -0.137. The molecule has 3 rings (SSSR count). The van der Waals surface area contributed by atoms with Crippen LogP contribution in [-0.4, -0.2) is 29.0 Å². The fourth-order valence-electron chi connectivity index (χ4n) is 2.53. The molecule has 1 aromatic heterocycles. The number of hydrogen-bond acceptors (Lipinski definition) is 3. The van der Waals surface area contributed by atoms with Gasteiger partial charge in [-0.05, 0) is 44.1 Å². The van der Waals surface area contributed by atoms with E-state index in [0.29, 0.717) is 5.75 Å². The van der Waals surface area contributed by atoms with Gasteiger partial charge in [0, 0.05) is 18.5 Å². The minimum absolute atomic E-state index is 0.0241. The number of alkyl halides is 3. The topological polar surface area (TPSA) is 39.1 Å². The van der Waals surface area contributed by atoms with Gasteiger partial charge in [-0.15, -0.1) is 0 Å². The Labute approximate surface area is 125 Å². The first-order valence-electron chi connectivity index (χ1n) is 7.13. The van der Waals surface area contributed by atoms with Crippen LogP contribution in [0.25, 0.3) is 5.69 Å². The minimum Gasteiger partial charge on any atom is -0.490 e. The van der Waals surface area contributed by atoms with Crippen LogP contribution in [-0.2, 0) is 6.18 Å². The number of ether oxygens (including phenoxy) is 1. The van der Waals surface area contributed by atoms with Crippen molar-refractivity contribution in [2.75, 3.05) is 13.1 Å². The van der Waals surface area contributed by atoms with Gasteiger partial charge in [0.2, 0.25) is 0 Å². The van der Waals surface area contributed by atoms with Gasteiger partial charge in [0.05, 0.1) is 11.3 Å². The van der Waals surface area contributed by atoms with Crippen LogP contribution < -0.4 is 10.1 Å². The summed E-state index contributed by atoms with van der Waals surface area (Å²) in [6, 6.07) is 5.41. The van der Waals surface area contributed by atoms with Crippen molar-refractivity contribution in [3.8, 4) is 11.4 Å². The van der Waals surface area contributed by atoms with E-state index in [1.165, 1.54) is 29.2 Å². The maximum absolute atomic E-state index is 13.1. The van der Waals surface area contributed by atoms with E-state index in [-0.39, 0.29) is 11.8 Å². The van der Waals surface area contributed by atoms with Crippen LogP contribution in [0.4, 0.5) is 13.2 Å². The third kappa shape index (κ3) is 3.24. The van der Waals surface area contributed by atoms with E-state index in [4.69, 9.17) is 4.74 Å². The fraction of sp³-hybridized carbons (Fsp3) is 0.400.